The number of fused-ring (bicyclic) bond motifs is 2. The standard InChI is InChI=1S/C42H58N2O13S2/c1-41(2,3)35-29-32(57-38-28-31(13-15-34(35)38)43(19-21-55-25-23-53-5)20-22-56-26-24-54-6)10-7-11-39-42(4,17-8-12-40(45)46)36-30-33(59(50,51)52)14-16-37(36)44(39)18-9-27-58(47,48)49/h7,10-11,13-16,28-30H,8-9,12,17-27H2,1-6H3,(H2-,45,46,47,48,49,50,51,52)/p-1. The molecule has 1 aromatic rings. The first-order valence-electron chi connectivity index (χ1n) is 19.5. The zero-order valence-corrected chi connectivity index (χ0v) is 36.4. The lowest BCUT2D eigenvalue weighted by Gasteiger charge is -2.30. The number of rotatable bonds is 23. The van der Waals surface area contributed by atoms with Crippen molar-refractivity contribution < 1.29 is 59.2 Å². The number of allylic oxidation sites excluding steroid dienone is 3. The Balaban J connectivity index is 1.84. The van der Waals surface area contributed by atoms with Gasteiger partial charge in [0.25, 0.3) is 0 Å². The monoisotopic (exact) mass is 861 g/mol. The number of ether oxygens (including phenoxy) is 4. The molecule has 59 heavy (non-hydrogen) atoms. The summed E-state index contributed by atoms with van der Waals surface area (Å²) in [5, 5.41) is 10.4. The molecule has 17 heteroatoms. The van der Waals surface area contributed by atoms with Gasteiger partial charge in [0.2, 0.25) is 5.36 Å². The molecule has 1 N–H and O–H groups in total. The van der Waals surface area contributed by atoms with Crippen molar-refractivity contribution in [3.8, 4) is 11.3 Å². The fraction of sp³-hybridized carbons (Fsp3) is 0.524. The van der Waals surface area contributed by atoms with Crippen LogP contribution in [0, 0.1) is 0 Å². The van der Waals surface area contributed by atoms with Crippen molar-refractivity contribution in [2.24, 2.45) is 0 Å². The first-order valence-corrected chi connectivity index (χ1v) is 22.5. The molecule has 0 saturated carbocycles. The van der Waals surface area contributed by atoms with Gasteiger partial charge < -0.3 is 42.5 Å². The Morgan fingerprint density at radius 1 is 0.915 bits per heavy atom. The van der Waals surface area contributed by atoms with E-state index in [4.69, 9.17) is 23.4 Å². The van der Waals surface area contributed by atoms with Gasteiger partial charge in [-0.05, 0) is 85.2 Å². The van der Waals surface area contributed by atoms with Crippen molar-refractivity contribution in [1.82, 2.24) is 4.58 Å². The summed E-state index contributed by atoms with van der Waals surface area (Å²) in [7, 11) is -6.13. The molecule has 1 unspecified atom stereocenters. The second kappa shape index (κ2) is 21.0. The number of carboxylic acids is 1. The summed E-state index contributed by atoms with van der Waals surface area (Å²) in [6, 6.07) is 12.0. The van der Waals surface area contributed by atoms with Gasteiger partial charge >= 0.3 is 5.97 Å². The van der Waals surface area contributed by atoms with E-state index in [-0.39, 0.29) is 37.6 Å². The lowest BCUT2D eigenvalue weighted by Crippen LogP contribution is -2.36. The topological polar surface area (TPSA) is 208 Å². The number of nitrogens with zero attached hydrogens (tertiary/aromatic N) is 2. The van der Waals surface area contributed by atoms with E-state index < -0.39 is 42.3 Å². The van der Waals surface area contributed by atoms with E-state index in [9.17, 15) is 35.8 Å². The molecule has 0 amide bonds. The lowest BCUT2D eigenvalue weighted by molar-refractivity contribution is -0.137. The van der Waals surface area contributed by atoms with Gasteiger partial charge in [0, 0.05) is 61.4 Å². The van der Waals surface area contributed by atoms with Crippen LogP contribution in [-0.4, -0.2) is 116 Å². The molecule has 0 bridgehead atoms. The van der Waals surface area contributed by atoms with E-state index in [0.29, 0.717) is 81.2 Å². The zero-order chi connectivity index (χ0) is 43.4. The van der Waals surface area contributed by atoms with E-state index >= 15 is 0 Å². The highest BCUT2D eigenvalue weighted by Gasteiger charge is 2.43. The summed E-state index contributed by atoms with van der Waals surface area (Å²) in [4.78, 5) is 12.9. The number of anilines is 1. The third kappa shape index (κ3) is 13.5. The summed E-state index contributed by atoms with van der Waals surface area (Å²) in [6.07, 6.45) is 5.62. The van der Waals surface area contributed by atoms with Crippen LogP contribution in [0.4, 0.5) is 5.69 Å². The van der Waals surface area contributed by atoms with Crippen molar-refractivity contribution in [1.29, 1.82) is 0 Å². The molecule has 0 aromatic heterocycles. The molecule has 4 rings (SSSR count). The van der Waals surface area contributed by atoms with E-state index in [1.54, 1.807) is 37.3 Å². The normalized spacial score (nSPS) is 16.7. The van der Waals surface area contributed by atoms with E-state index in [1.165, 1.54) is 18.2 Å². The van der Waals surface area contributed by atoms with Crippen LogP contribution in [0.3, 0.4) is 0 Å². The second-order valence-electron chi connectivity index (χ2n) is 15.6. The van der Waals surface area contributed by atoms with E-state index in [2.05, 4.69) is 31.4 Å². The molecule has 0 saturated heterocycles. The number of carbonyl (C=O) groups is 1. The highest BCUT2D eigenvalue weighted by atomic mass is 32.2. The number of hydrogen-bond donors (Lipinski definition) is 1. The smallest absolute Gasteiger partial charge is 0.303 e. The summed E-state index contributed by atoms with van der Waals surface area (Å²) < 4.78 is 102. The molecule has 2 aliphatic heterocycles. The maximum Gasteiger partial charge on any atom is 0.303 e. The molecular formula is C42H57N2O13S2-. The molecule has 2 heterocycles. The number of aliphatic carboxylic acids is 1. The largest absolute Gasteiger partial charge is 0.748 e. The Morgan fingerprint density at radius 3 is 2.15 bits per heavy atom. The number of methoxy groups -OCH3 is 2. The van der Waals surface area contributed by atoms with Gasteiger partial charge in [0.1, 0.15) is 34.9 Å². The van der Waals surface area contributed by atoms with Crippen LogP contribution < -0.4 is 14.8 Å². The van der Waals surface area contributed by atoms with E-state index in [0.717, 1.165) is 16.5 Å². The molecule has 15 nitrogen and oxygen atoms in total. The lowest BCUT2D eigenvalue weighted by atomic mass is 9.77. The molecule has 0 fully saturated rings. The summed E-state index contributed by atoms with van der Waals surface area (Å²) in [6.45, 7) is 12.3. The quantitative estimate of drug-likeness (QED) is 0.0789. The van der Waals surface area contributed by atoms with Crippen LogP contribution in [0.25, 0.3) is 17.4 Å². The molecule has 1 aliphatic carbocycles. The minimum atomic E-state index is -4.85. The fourth-order valence-corrected chi connectivity index (χ4v) is 8.20. The van der Waals surface area contributed by atoms with Gasteiger partial charge in [-0.3, -0.25) is 4.79 Å². The van der Waals surface area contributed by atoms with Crippen molar-refractivity contribution in [2.75, 3.05) is 84.1 Å². The van der Waals surface area contributed by atoms with Crippen molar-refractivity contribution >= 4 is 38.0 Å². The van der Waals surface area contributed by atoms with Crippen LogP contribution in [0.5, 0.6) is 0 Å². The Morgan fingerprint density at radius 2 is 1.58 bits per heavy atom. The molecule has 1 atom stereocenters. The zero-order valence-electron chi connectivity index (χ0n) is 34.7. The van der Waals surface area contributed by atoms with Crippen LogP contribution in [0.15, 0.2) is 69.6 Å². The summed E-state index contributed by atoms with van der Waals surface area (Å²) >= 11 is 0. The fourth-order valence-electron chi connectivity index (χ4n) is 7.22. The molecule has 326 valence electrons. The average molecular weight is 862 g/mol. The predicted octanol–water partition coefficient (Wildman–Crippen LogP) is 4.55. The number of carboxylic acid groups (broad SMARTS) is 1. The Bertz CT molecular complexity index is 2210. The molecule has 0 spiro atoms. The minimum Gasteiger partial charge on any atom is -0.748 e. The Labute approximate surface area is 347 Å². The van der Waals surface area contributed by atoms with Crippen molar-refractivity contribution in [3.63, 3.8) is 0 Å². The SMILES string of the molecule is COCCOCC[N+](CCOCCOC)=c1ccc2c(C(C)(C)C)cc(/C=C/C=C3/N(CCCS(=O)(=O)[O-])c4ccc(S(=O)(=O)[O-])cc4C3(C)CCCC(=O)O)oc-2c1. The van der Waals surface area contributed by atoms with E-state index in [1.807, 2.05) is 25.1 Å². The van der Waals surface area contributed by atoms with Crippen LogP contribution in [0.2, 0.25) is 0 Å². The van der Waals surface area contributed by atoms with Gasteiger partial charge in [-0.2, -0.15) is 0 Å². The number of hydrogen-bond acceptors (Lipinski definition) is 13. The maximum atomic E-state index is 12.1. The Kier molecular flexibility index (Phi) is 17.0. The average Bonchev–Trinajstić information content (AvgIpc) is 3.37. The second-order valence-corrected chi connectivity index (χ2v) is 18.5. The van der Waals surface area contributed by atoms with Gasteiger partial charge in [0.05, 0.1) is 47.5 Å². The Hall–Kier alpha value is -3.94. The van der Waals surface area contributed by atoms with Gasteiger partial charge in [0.15, 0.2) is 13.1 Å². The predicted molar refractivity (Wildman–Crippen MR) is 221 cm³/mol. The van der Waals surface area contributed by atoms with Crippen molar-refractivity contribution in [3.05, 3.63) is 82.6 Å². The van der Waals surface area contributed by atoms with Gasteiger partial charge in [-0.1, -0.05) is 26.8 Å². The molecule has 3 aliphatic rings. The minimum absolute atomic E-state index is 0.0357. The number of benzene rings is 2. The third-order valence-corrected chi connectivity index (χ3v) is 11.8. The van der Waals surface area contributed by atoms with Gasteiger partial charge in [-0.25, -0.2) is 21.4 Å². The first-order chi connectivity index (χ1) is 27.8. The highest BCUT2D eigenvalue weighted by molar-refractivity contribution is 7.86. The van der Waals surface area contributed by atoms with Crippen LogP contribution >= 0.6 is 0 Å². The summed E-state index contributed by atoms with van der Waals surface area (Å²) in [5.74, 6) is -0.459. The van der Waals surface area contributed by atoms with Crippen LogP contribution in [0.1, 0.15) is 70.3 Å². The third-order valence-electron chi connectivity index (χ3n) is 10.2. The van der Waals surface area contributed by atoms with Gasteiger partial charge in [-0.15, -0.1) is 0 Å². The van der Waals surface area contributed by atoms with Crippen LogP contribution in [-0.2, 0) is 54.8 Å². The molecule has 1 aromatic carbocycles. The summed E-state index contributed by atoms with van der Waals surface area (Å²) in [5.41, 5.74) is 2.29. The highest BCUT2D eigenvalue weighted by Crippen LogP contribution is 2.51. The molecule has 0 radical (unpaired) electrons. The van der Waals surface area contributed by atoms with Crippen molar-refractivity contribution in [2.45, 2.75) is 69.1 Å². The molecular weight excluding hydrogens is 805 g/mol. The maximum absolute atomic E-state index is 12.1. The first kappa shape index (κ1) is 47.7.